The predicted octanol–water partition coefficient (Wildman–Crippen LogP) is 3.94. The molecule has 5 N–H and O–H groups in total. The molecule has 4 rings (SSSR count). The lowest BCUT2D eigenvalue weighted by Crippen LogP contribution is -2.19. The zero-order valence-corrected chi connectivity index (χ0v) is 29.6. The van der Waals surface area contributed by atoms with Crippen LogP contribution in [0.2, 0.25) is 0 Å². The van der Waals surface area contributed by atoms with E-state index in [9.17, 15) is 24.5 Å². The number of nitro groups is 1. The maximum absolute atomic E-state index is 13.5. The number of aromatic nitrogens is 2. The zero-order valence-electron chi connectivity index (χ0n) is 28.0. The lowest BCUT2D eigenvalue weighted by molar-refractivity contribution is -0.384. The summed E-state index contributed by atoms with van der Waals surface area (Å²) in [5, 5.41) is 15.5. The zero-order chi connectivity index (χ0) is 36.5. The third-order valence-electron chi connectivity index (χ3n) is 7.33. The van der Waals surface area contributed by atoms with E-state index in [0.717, 1.165) is 11.1 Å². The highest BCUT2D eigenvalue weighted by molar-refractivity contribution is 7.16. The van der Waals surface area contributed by atoms with Crippen LogP contribution in [0.15, 0.2) is 41.4 Å². The van der Waals surface area contributed by atoms with Gasteiger partial charge in [-0.15, -0.1) is 11.3 Å². The molecule has 266 valence electrons. The van der Waals surface area contributed by atoms with Gasteiger partial charge in [-0.1, -0.05) is 30.4 Å². The largest absolute Gasteiger partial charge is 0.494 e. The minimum Gasteiger partial charge on any atom is -0.494 e. The van der Waals surface area contributed by atoms with Gasteiger partial charge < -0.3 is 40.3 Å². The molecular weight excluding hydrogens is 691 g/mol. The number of fused-ring (bicyclic) bond motifs is 1. The number of carbonyl (C=O) groups excluding carboxylic acids is 3. The molecule has 0 saturated carbocycles. The summed E-state index contributed by atoms with van der Waals surface area (Å²) in [5.41, 5.74) is 12.0. The van der Waals surface area contributed by atoms with Crippen LogP contribution in [-0.4, -0.2) is 73.0 Å². The molecule has 0 aliphatic carbocycles. The number of nitrogens with zero attached hydrogens (tertiary/aromatic N) is 4. The Kier molecular flexibility index (Phi) is 12.8. The number of methoxy groups -OCH3 is 3. The summed E-state index contributed by atoms with van der Waals surface area (Å²) in [6.07, 6.45) is 3.90. The van der Waals surface area contributed by atoms with Gasteiger partial charge in [-0.3, -0.25) is 24.5 Å². The number of hydrogen-bond acceptors (Lipinski definition) is 13. The van der Waals surface area contributed by atoms with E-state index < -0.39 is 28.9 Å². The first-order valence-corrected chi connectivity index (χ1v) is 16.8. The summed E-state index contributed by atoms with van der Waals surface area (Å²) in [6.45, 7) is 4.20. The Bertz CT molecular complexity index is 2010. The second kappa shape index (κ2) is 17.0. The van der Waals surface area contributed by atoms with Gasteiger partial charge in [-0.05, 0) is 31.5 Å². The fourth-order valence-corrected chi connectivity index (χ4v) is 6.93. The van der Waals surface area contributed by atoms with Gasteiger partial charge in [0.2, 0.25) is 11.8 Å². The highest BCUT2D eigenvalue weighted by atomic mass is 32.1. The summed E-state index contributed by atoms with van der Waals surface area (Å²) in [5.74, 6) is -1.56. The third kappa shape index (κ3) is 8.70. The van der Waals surface area contributed by atoms with Gasteiger partial charge in [-0.25, -0.2) is 4.98 Å². The molecule has 0 unspecified atom stereocenters. The van der Waals surface area contributed by atoms with Crippen molar-refractivity contribution < 1.29 is 38.3 Å². The molecule has 4 aromatic rings. The van der Waals surface area contributed by atoms with Crippen LogP contribution in [0, 0.1) is 17.0 Å². The number of nitrogens with two attached hydrogens (primary N) is 2. The SMILES string of the molecule is CCc1nc(C)sc1C(=O)/N=c1\sc2cc(C(N)=O)cc(OCCC(OC)OC)c2n1C/C=C/CNc1c(OC)cc(C(N)=O)cc1[N+](=O)[O-]. The van der Waals surface area contributed by atoms with Crippen LogP contribution >= 0.6 is 22.7 Å². The Morgan fingerprint density at radius 3 is 2.36 bits per heavy atom. The van der Waals surface area contributed by atoms with Gasteiger partial charge in [0.1, 0.15) is 21.9 Å². The maximum Gasteiger partial charge on any atom is 0.296 e. The van der Waals surface area contributed by atoms with E-state index in [-0.39, 0.29) is 47.9 Å². The van der Waals surface area contributed by atoms with Crippen molar-refractivity contribution in [2.75, 3.05) is 39.8 Å². The third-order valence-corrected chi connectivity index (χ3v) is 9.35. The van der Waals surface area contributed by atoms with Gasteiger partial charge in [0, 0.05) is 50.9 Å². The van der Waals surface area contributed by atoms with Crippen molar-refractivity contribution in [3.05, 3.63) is 78.0 Å². The molecule has 0 bridgehead atoms. The number of allylic oxidation sites excluding steroid dienone is 1. The second-order valence-electron chi connectivity index (χ2n) is 10.5. The number of nitro benzene ring substituents is 1. The first kappa shape index (κ1) is 37.6. The lowest BCUT2D eigenvalue weighted by atomic mass is 10.1. The molecule has 2 heterocycles. The summed E-state index contributed by atoms with van der Waals surface area (Å²) in [6, 6.07) is 5.54. The van der Waals surface area contributed by atoms with Crippen LogP contribution in [0.1, 0.15) is 54.4 Å². The Morgan fingerprint density at radius 2 is 1.74 bits per heavy atom. The number of primary amides is 2. The number of carbonyl (C=O) groups is 3. The molecule has 0 saturated heterocycles. The van der Waals surface area contributed by atoms with E-state index in [4.69, 9.17) is 30.4 Å². The second-order valence-corrected chi connectivity index (χ2v) is 12.8. The van der Waals surface area contributed by atoms with Crippen molar-refractivity contribution in [1.82, 2.24) is 9.55 Å². The Morgan fingerprint density at radius 1 is 1.06 bits per heavy atom. The number of hydrogen-bond donors (Lipinski definition) is 3. The van der Waals surface area contributed by atoms with Crippen LogP contribution in [0.25, 0.3) is 10.2 Å². The molecule has 3 amide bonds. The summed E-state index contributed by atoms with van der Waals surface area (Å²) in [4.78, 5) is 58.3. The Balaban J connectivity index is 1.76. The lowest BCUT2D eigenvalue weighted by Gasteiger charge is -2.15. The number of thiazole rings is 2. The fraction of sp³-hybridized carbons (Fsp3) is 0.344. The number of nitrogens with one attached hydrogen (secondary N) is 1. The van der Waals surface area contributed by atoms with E-state index in [1.54, 1.807) is 22.8 Å². The normalized spacial score (nSPS) is 11.8. The van der Waals surface area contributed by atoms with Gasteiger partial charge >= 0.3 is 0 Å². The first-order chi connectivity index (χ1) is 23.9. The van der Waals surface area contributed by atoms with E-state index in [1.165, 1.54) is 56.1 Å². The highest BCUT2D eigenvalue weighted by Gasteiger charge is 2.23. The Hall–Kier alpha value is -5.17. The summed E-state index contributed by atoms with van der Waals surface area (Å²) < 4.78 is 24.3. The van der Waals surface area contributed by atoms with E-state index in [0.29, 0.717) is 44.2 Å². The summed E-state index contributed by atoms with van der Waals surface area (Å²) >= 11 is 2.44. The van der Waals surface area contributed by atoms with Gasteiger partial charge in [0.25, 0.3) is 11.6 Å². The highest BCUT2D eigenvalue weighted by Crippen LogP contribution is 2.36. The number of anilines is 1. The molecular formula is C32H37N7O9S2. The van der Waals surface area contributed by atoms with E-state index in [2.05, 4.69) is 15.3 Å². The van der Waals surface area contributed by atoms with Gasteiger partial charge in [-0.2, -0.15) is 4.99 Å². The molecule has 0 fully saturated rings. The van der Waals surface area contributed by atoms with Crippen molar-refractivity contribution >= 4 is 62.0 Å². The van der Waals surface area contributed by atoms with Crippen molar-refractivity contribution in [3.63, 3.8) is 0 Å². The molecule has 16 nitrogen and oxygen atoms in total. The maximum atomic E-state index is 13.5. The van der Waals surface area contributed by atoms with Crippen LogP contribution in [0.5, 0.6) is 11.5 Å². The van der Waals surface area contributed by atoms with Crippen molar-refractivity contribution in [2.45, 2.75) is 39.5 Å². The topological polar surface area (TPSA) is 226 Å². The molecule has 0 aliphatic heterocycles. The molecule has 50 heavy (non-hydrogen) atoms. The van der Waals surface area contributed by atoms with Crippen LogP contribution in [-0.2, 0) is 22.4 Å². The number of benzene rings is 2. The molecule has 0 atom stereocenters. The first-order valence-electron chi connectivity index (χ1n) is 15.2. The van der Waals surface area contributed by atoms with Crippen molar-refractivity contribution in [1.29, 1.82) is 0 Å². The van der Waals surface area contributed by atoms with Crippen molar-refractivity contribution in [3.8, 4) is 11.5 Å². The van der Waals surface area contributed by atoms with Crippen LogP contribution < -0.4 is 31.1 Å². The minimum absolute atomic E-state index is 0.0636. The molecule has 0 radical (unpaired) electrons. The van der Waals surface area contributed by atoms with Crippen molar-refractivity contribution in [2.24, 2.45) is 16.5 Å². The number of aryl methyl sites for hydroxylation is 2. The molecule has 2 aromatic heterocycles. The quantitative estimate of drug-likeness (QED) is 0.0611. The van der Waals surface area contributed by atoms with Gasteiger partial charge in [0.05, 0.1) is 34.0 Å². The monoisotopic (exact) mass is 727 g/mol. The van der Waals surface area contributed by atoms with E-state index >= 15 is 0 Å². The average Bonchev–Trinajstić information content (AvgIpc) is 3.65. The summed E-state index contributed by atoms with van der Waals surface area (Å²) in [7, 11) is 4.34. The predicted molar refractivity (Wildman–Crippen MR) is 188 cm³/mol. The van der Waals surface area contributed by atoms with Crippen LogP contribution in [0.3, 0.4) is 0 Å². The minimum atomic E-state index is -0.836. The number of rotatable bonds is 17. The average molecular weight is 728 g/mol. The molecule has 0 aliphatic rings. The smallest absolute Gasteiger partial charge is 0.296 e. The molecule has 18 heteroatoms. The molecule has 2 aromatic carbocycles. The van der Waals surface area contributed by atoms with E-state index in [1.807, 2.05) is 13.8 Å². The number of ether oxygens (including phenoxy) is 4. The molecule has 0 spiro atoms. The number of amides is 3. The van der Waals surface area contributed by atoms with Gasteiger partial charge in [0.15, 0.2) is 16.8 Å². The standard InChI is InChI=1S/C32H37N7O9S2/c1-6-20-28(49-17(2)36-20)31(42)37-32-38(11-8-7-10-35-26-21(39(43)44)13-18(29(33)40)14-22(26)45-3)27-23(48-12-9-25(46-4)47-5)15-19(30(34)41)16-24(27)50-32/h7-8,13-16,25,35H,6,9-12H2,1-5H3,(H2,33,40)(H2,34,41)/b8-7+,37-32-. The Labute approximate surface area is 294 Å². The fourth-order valence-electron chi connectivity index (χ4n) is 4.94. The van der Waals surface area contributed by atoms with Crippen LogP contribution in [0.4, 0.5) is 11.4 Å².